The molecule has 0 bridgehead atoms. The van der Waals surface area contributed by atoms with Gasteiger partial charge in [0.2, 0.25) is 5.56 Å². The molecule has 1 aromatic heterocycles. The van der Waals surface area contributed by atoms with Crippen molar-refractivity contribution in [3.8, 4) is 6.07 Å². The predicted octanol–water partition coefficient (Wildman–Crippen LogP) is 7.01. The first-order valence-corrected chi connectivity index (χ1v) is 11.4. The molecule has 4 aromatic carbocycles. The molecule has 0 spiro atoms. The number of nitriles is 1. The first kappa shape index (κ1) is 21.0. The topological polar surface area (TPSA) is 56.6 Å². The van der Waals surface area contributed by atoms with E-state index in [1.54, 1.807) is 29.3 Å². The van der Waals surface area contributed by atoms with Crippen molar-refractivity contribution in [1.29, 1.82) is 5.26 Å². The molecule has 0 radical (unpaired) electrons. The van der Waals surface area contributed by atoms with Crippen molar-refractivity contribution in [2.75, 3.05) is 0 Å². The van der Waals surface area contributed by atoms with Crippen LogP contribution in [0.1, 0.15) is 43.4 Å². The van der Waals surface area contributed by atoms with Crippen LogP contribution in [-0.4, -0.2) is 4.98 Å². The molecule has 0 unspecified atom stereocenters. The average Bonchev–Trinajstić information content (AvgIpc) is 2.83. The van der Waals surface area contributed by atoms with Crippen LogP contribution in [0.4, 0.5) is 0 Å². The summed E-state index contributed by atoms with van der Waals surface area (Å²) in [5, 5.41) is 15.2. The lowest BCUT2D eigenvalue weighted by atomic mass is 9.71. The highest BCUT2D eigenvalue weighted by Gasteiger charge is 2.29. The molecule has 1 N–H and O–H groups in total. The number of pyridine rings is 1. The zero-order chi connectivity index (χ0) is 23.0. The van der Waals surface area contributed by atoms with E-state index in [1.165, 1.54) is 46.9 Å². The smallest absolute Gasteiger partial charge is 0.248 e. The number of benzene rings is 4. The maximum absolute atomic E-state index is 10.9. The second kappa shape index (κ2) is 8.22. The lowest BCUT2D eigenvalue weighted by Crippen LogP contribution is -2.24. The highest BCUT2D eigenvalue weighted by molar-refractivity contribution is 6.09. The molecule has 6 rings (SSSR count). The summed E-state index contributed by atoms with van der Waals surface area (Å²) in [4.78, 5) is 13.6. The second-order valence-corrected chi connectivity index (χ2v) is 9.46. The van der Waals surface area contributed by atoms with Crippen molar-refractivity contribution >= 4 is 32.4 Å². The minimum absolute atomic E-state index is 0.150. The zero-order valence-electron chi connectivity index (χ0n) is 19.0. The summed E-state index contributed by atoms with van der Waals surface area (Å²) in [6.07, 6.45) is 3.85. The number of aromatic amines is 1. The fraction of sp³-hybridized carbons (Fsp3) is 0.200. The van der Waals surface area contributed by atoms with Crippen LogP contribution in [0.2, 0.25) is 0 Å². The van der Waals surface area contributed by atoms with Gasteiger partial charge in [0.05, 0.1) is 11.6 Å². The van der Waals surface area contributed by atoms with Crippen molar-refractivity contribution in [1.82, 2.24) is 4.98 Å². The Morgan fingerprint density at radius 3 is 2.45 bits per heavy atom. The van der Waals surface area contributed by atoms with Crippen molar-refractivity contribution in [2.45, 2.75) is 38.5 Å². The van der Waals surface area contributed by atoms with Crippen molar-refractivity contribution in [3.05, 3.63) is 106 Å². The number of hydrogen-bond acceptors (Lipinski definition) is 2. The molecule has 0 atom stereocenters. The largest absolute Gasteiger partial charge is 0.322 e. The monoisotopic (exact) mass is 430 g/mol. The third-order valence-electron chi connectivity index (χ3n) is 6.79. The van der Waals surface area contributed by atoms with Gasteiger partial charge in [-0.3, -0.25) is 4.79 Å². The normalized spacial score (nSPS) is 14.3. The summed E-state index contributed by atoms with van der Waals surface area (Å²) in [5.74, 6) is 0. The Morgan fingerprint density at radius 2 is 1.61 bits per heavy atom. The Hall–Kier alpha value is -3.90. The standard InChI is InChI=1S/C20H20.C10H6N2O/c1-20(2)13-5-7-15-10-11-17-16-8-4-3-6-14(16)9-12-18(17)19(15)20;11-6-7-1-2-8-3-4-10(13)12-9(8)5-7/h3-4,6,8-12H,5,7,13H2,1-2H3;1-5H,(H,12,13). The van der Waals surface area contributed by atoms with Crippen LogP contribution >= 0.6 is 0 Å². The molecule has 0 saturated carbocycles. The minimum Gasteiger partial charge on any atom is -0.322 e. The Balaban J connectivity index is 0.000000152. The lowest BCUT2D eigenvalue weighted by Gasteiger charge is -2.34. The molecule has 1 heterocycles. The number of aromatic nitrogens is 1. The van der Waals surface area contributed by atoms with E-state index < -0.39 is 0 Å². The average molecular weight is 431 g/mol. The molecule has 5 aromatic rings. The first-order chi connectivity index (χ1) is 16.0. The van der Waals surface area contributed by atoms with Crippen LogP contribution in [0.15, 0.2) is 83.7 Å². The number of rotatable bonds is 0. The summed E-state index contributed by atoms with van der Waals surface area (Å²) < 4.78 is 0. The minimum atomic E-state index is -0.150. The summed E-state index contributed by atoms with van der Waals surface area (Å²) in [7, 11) is 0. The quantitative estimate of drug-likeness (QED) is 0.269. The van der Waals surface area contributed by atoms with Gasteiger partial charge in [0.15, 0.2) is 0 Å². The molecule has 0 fully saturated rings. The van der Waals surface area contributed by atoms with E-state index in [9.17, 15) is 4.79 Å². The third kappa shape index (κ3) is 3.90. The number of H-pyrrole nitrogens is 1. The molecule has 3 nitrogen and oxygen atoms in total. The zero-order valence-corrected chi connectivity index (χ0v) is 19.0. The summed E-state index contributed by atoms with van der Waals surface area (Å²) in [6, 6.07) is 28.4. The van der Waals surface area contributed by atoms with E-state index in [2.05, 4.69) is 67.4 Å². The van der Waals surface area contributed by atoms with Gasteiger partial charge in [0, 0.05) is 11.6 Å². The lowest BCUT2D eigenvalue weighted by molar-refractivity contribution is 0.436. The Labute approximate surface area is 193 Å². The SMILES string of the molecule is CC1(C)CCCc2ccc3c(ccc4ccccc43)c21.N#Cc1ccc2ccc(=O)[nH]c2c1. The van der Waals surface area contributed by atoms with Gasteiger partial charge in [0.1, 0.15) is 0 Å². The van der Waals surface area contributed by atoms with E-state index in [-0.39, 0.29) is 5.56 Å². The fourth-order valence-electron chi connectivity index (χ4n) is 5.21. The van der Waals surface area contributed by atoms with E-state index in [4.69, 9.17) is 5.26 Å². The van der Waals surface area contributed by atoms with Gasteiger partial charge in [-0.05, 0) is 80.9 Å². The molecule has 0 saturated heterocycles. The highest BCUT2D eigenvalue weighted by atomic mass is 16.1. The molecular formula is C30H26N2O. The molecule has 162 valence electrons. The van der Waals surface area contributed by atoms with Crippen LogP contribution in [-0.2, 0) is 11.8 Å². The van der Waals surface area contributed by atoms with Crippen molar-refractivity contribution < 1.29 is 0 Å². The van der Waals surface area contributed by atoms with E-state index in [0.29, 0.717) is 16.5 Å². The molecule has 0 amide bonds. The number of hydrogen-bond donors (Lipinski definition) is 1. The van der Waals surface area contributed by atoms with Gasteiger partial charge in [-0.25, -0.2) is 0 Å². The predicted molar refractivity (Wildman–Crippen MR) is 137 cm³/mol. The number of nitrogens with zero attached hydrogens (tertiary/aromatic N) is 1. The third-order valence-corrected chi connectivity index (χ3v) is 6.79. The van der Waals surface area contributed by atoms with Gasteiger partial charge in [-0.2, -0.15) is 5.26 Å². The second-order valence-electron chi connectivity index (χ2n) is 9.46. The van der Waals surface area contributed by atoms with Crippen LogP contribution in [0.25, 0.3) is 32.4 Å². The summed E-state index contributed by atoms with van der Waals surface area (Å²) >= 11 is 0. The number of nitrogens with one attached hydrogen (secondary N) is 1. The van der Waals surface area contributed by atoms with E-state index >= 15 is 0 Å². The maximum Gasteiger partial charge on any atom is 0.248 e. The van der Waals surface area contributed by atoms with Gasteiger partial charge < -0.3 is 4.98 Å². The van der Waals surface area contributed by atoms with E-state index in [0.717, 1.165) is 5.39 Å². The summed E-state index contributed by atoms with van der Waals surface area (Å²) in [5.41, 5.74) is 4.55. The highest BCUT2D eigenvalue weighted by Crippen LogP contribution is 2.42. The molecule has 1 aliphatic carbocycles. The first-order valence-electron chi connectivity index (χ1n) is 11.4. The van der Waals surface area contributed by atoms with E-state index in [1.807, 2.05) is 12.1 Å². The summed E-state index contributed by atoms with van der Waals surface area (Å²) in [6.45, 7) is 4.80. The Morgan fingerprint density at radius 1 is 0.848 bits per heavy atom. The molecular weight excluding hydrogens is 404 g/mol. The van der Waals surface area contributed by atoms with Crippen LogP contribution in [0.3, 0.4) is 0 Å². The molecule has 1 aliphatic rings. The van der Waals surface area contributed by atoms with Gasteiger partial charge in [-0.15, -0.1) is 0 Å². The number of aryl methyl sites for hydroxylation is 1. The number of fused-ring (bicyclic) bond motifs is 6. The molecule has 0 aliphatic heterocycles. The Kier molecular flexibility index (Phi) is 5.23. The van der Waals surface area contributed by atoms with Crippen LogP contribution < -0.4 is 5.56 Å². The fourth-order valence-corrected chi connectivity index (χ4v) is 5.21. The van der Waals surface area contributed by atoms with Crippen LogP contribution in [0.5, 0.6) is 0 Å². The maximum atomic E-state index is 10.9. The van der Waals surface area contributed by atoms with Gasteiger partial charge in [-0.1, -0.05) is 68.4 Å². The Bertz CT molecular complexity index is 1600. The van der Waals surface area contributed by atoms with Gasteiger partial charge >= 0.3 is 0 Å². The van der Waals surface area contributed by atoms with Crippen molar-refractivity contribution in [3.63, 3.8) is 0 Å². The van der Waals surface area contributed by atoms with Gasteiger partial charge in [0.25, 0.3) is 0 Å². The van der Waals surface area contributed by atoms with Crippen LogP contribution in [0, 0.1) is 11.3 Å². The molecule has 3 heteroatoms. The van der Waals surface area contributed by atoms with Crippen molar-refractivity contribution in [2.24, 2.45) is 0 Å². The molecule has 33 heavy (non-hydrogen) atoms.